The summed E-state index contributed by atoms with van der Waals surface area (Å²) in [5.74, 6) is -0.167. The lowest BCUT2D eigenvalue weighted by Gasteiger charge is -2.15. The first-order chi connectivity index (χ1) is 15.1. The van der Waals surface area contributed by atoms with Crippen molar-refractivity contribution in [3.05, 3.63) is 94.8 Å². The highest BCUT2D eigenvalue weighted by Gasteiger charge is 2.18. The third-order valence-corrected chi connectivity index (χ3v) is 6.08. The molecule has 0 radical (unpaired) electrons. The largest absolute Gasteiger partial charge is 0.330 e. The molecule has 0 aliphatic heterocycles. The molecule has 0 saturated heterocycles. The Morgan fingerprint density at radius 3 is 2.42 bits per heavy atom. The number of amides is 1. The number of thiazole rings is 1. The highest BCUT2D eigenvalue weighted by Crippen LogP contribution is 2.30. The number of carbonyl (C=O) groups excluding carboxylic acids is 1. The monoisotopic (exact) mass is 447 g/mol. The van der Waals surface area contributed by atoms with Gasteiger partial charge in [0, 0.05) is 16.6 Å². The van der Waals surface area contributed by atoms with Gasteiger partial charge in [0.15, 0.2) is 5.13 Å². The number of nitrogens with one attached hydrogen (secondary N) is 2. The average Bonchev–Trinajstić information content (AvgIpc) is 3.26. The van der Waals surface area contributed by atoms with Gasteiger partial charge in [-0.25, -0.2) is 4.98 Å². The van der Waals surface area contributed by atoms with Crippen molar-refractivity contribution >= 4 is 45.4 Å². The van der Waals surface area contributed by atoms with Crippen LogP contribution in [0.25, 0.3) is 11.3 Å². The van der Waals surface area contributed by atoms with Crippen LogP contribution in [0.3, 0.4) is 0 Å². The molecule has 31 heavy (non-hydrogen) atoms. The number of hydrogen-bond donors (Lipinski definition) is 2. The molecule has 1 unspecified atom stereocenters. The molecule has 4 aromatic rings. The van der Waals surface area contributed by atoms with Crippen molar-refractivity contribution < 1.29 is 4.79 Å². The van der Waals surface area contributed by atoms with Crippen molar-refractivity contribution in [2.45, 2.75) is 19.3 Å². The minimum Gasteiger partial charge on any atom is -0.330 e. The number of benzene rings is 3. The maximum absolute atomic E-state index is 12.8. The second-order valence-corrected chi connectivity index (χ2v) is 8.35. The predicted octanol–water partition coefficient (Wildman–Crippen LogP) is 7.34. The zero-order valence-corrected chi connectivity index (χ0v) is 18.6. The molecule has 4 rings (SSSR count). The molecule has 0 fully saturated rings. The summed E-state index contributed by atoms with van der Waals surface area (Å²) in [5, 5.41) is 9.70. The Bertz CT molecular complexity index is 1160. The van der Waals surface area contributed by atoms with Gasteiger partial charge in [-0.05, 0) is 36.2 Å². The molecule has 0 aliphatic rings. The van der Waals surface area contributed by atoms with Gasteiger partial charge in [-0.3, -0.25) is 4.79 Å². The summed E-state index contributed by atoms with van der Waals surface area (Å²) in [6.45, 7) is 2.02. The predicted molar refractivity (Wildman–Crippen MR) is 130 cm³/mol. The second-order valence-electron chi connectivity index (χ2n) is 7.08. The average molecular weight is 448 g/mol. The van der Waals surface area contributed by atoms with Gasteiger partial charge in [-0.2, -0.15) is 0 Å². The van der Waals surface area contributed by atoms with Crippen LogP contribution in [0.4, 0.5) is 16.5 Å². The van der Waals surface area contributed by atoms with Gasteiger partial charge in [0.1, 0.15) is 0 Å². The van der Waals surface area contributed by atoms with Crippen molar-refractivity contribution in [1.29, 1.82) is 0 Å². The molecule has 0 saturated carbocycles. The molecular weight excluding hydrogens is 426 g/mol. The van der Waals surface area contributed by atoms with E-state index in [-0.39, 0.29) is 11.8 Å². The Kier molecular flexibility index (Phi) is 6.65. The lowest BCUT2D eigenvalue weighted by Crippen LogP contribution is -2.20. The van der Waals surface area contributed by atoms with Gasteiger partial charge in [-0.1, -0.05) is 73.1 Å². The van der Waals surface area contributed by atoms with E-state index in [0.29, 0.717) is 5.02 Å². The normalized spacial score (nSPS) is 11.7. The van der Waals surface area contributed by atoms with E-state index in [1.165, 1.54) is 11.3 Å². The van der Waals surface area contributed by atoms with Gasteiger partial charge in [0.05, 0.1) is 22.3 Å². The third-order valence-electron chi connectivity index (χ3n) is 4.99. The van der Waals surface area contributed by atoms with Crippen LogP contribution in [0.1, 0.15) is 24.8 Å². The minimum atomic E-state index is -0.169. The van der Waals surface area contributed by atoms with E-state index in [4.69, 9.17) is 11.6 Å². The lowest BCUT2D eigenvalue weighted by atomic mass is 9.95. The molecule has 4 nitrogen and oxygen atoms in total. The molecule has 156 valence electrons. The summed E-state index contributed by atoms with van der Waals surface area (Å²) in [5.41, 5.74) is 4.48. The van der Waals surface area contributed by atoms with E-state index in [1.54, 1.807) is 0 Å². The number of nitrogens with zero attached hydrogens (tertiary/aromatic N) is 1. The minimum absolute atomic E-state index is 0.00124. The van der Waals surface area contributed by atoms with Crippen molar-refractivity contribution in [3.63, 3.8) is 0 Å². The van der Waals surface area contributed by atoms with Crippen LogP contribution in [0.15, 0.2) is 84.2 Å². The van der Waals surface area contributed by atoms with Crippen LogP contribution >= 0.6 is 22.9 Å². The Hall–Kier alpha value is -3.15. The number of carbonyl (C=O) groups is 1. The van der Waals surface area contributed by atoms with E-state index in [2.05, 4.69) is 15.6 Å². The number of halogens is 1. The zero-order valence-electron chi connectivity index (χ0n) is 17.0. The van der Waals surface area contributed by atoms with Crippen LogP contribution in [-0.2, 0) is 4.79 Å². The first-order valence-electron chi connectivity index (χ1n) is 10.1. The van der Waals surface area contributed by atoms with E-state index in [9.17, 15) is 4.79 Å². The van der Waals surface area contributed by atoms with Crippen molar-refractivity contribution in [1.82, 2.24) is 4.98 Å². The fraction of sp³-hybridized carbons (Fsp3) is 0.120. The lowest BCUT2D eigenvalue weighted by molar-refractivity contribution is -0.117. The summed E-state index contributed by atoms with van der Waals surface area (Å²) in [6, 6.07) is 25.2. The van der Waals surface area contributed by atoms with Crippen LogP contribution in [0.2, 0.25) is 5.02 Å². The highest BCUT2D eigenvalue weighted by molar-refractivity contribution is 7.14. The van der Waals surface area contributed by atoms with E-state index in [0.717, 1.165) is 39.7 Å². The van der Waals surface area contributed by atoms with E-state index >= 15 is 0 Å². The van der Waals surface area contributed by atoms with Crippen LogP contribution < -0.4 is 10.6 Å². The first kappa shape index (κ1) is 21.1. The van der Waals surface area contributed by atoms with Crippen molar-refractivity contribution in [2.24, 2.45) is 0 Å². The molecule has 6 heteroatoms. The molecule has 0 aliphatic carbocycles. The zero-order chi connectivity index (χ0) is 21.6. The summed E-state index contributed by atoms with van der Waals surface area (Å²) in [7, 11) is 0. The fourth-order valence-electron chi connectivity index (χ4n) is 3.35. The van der Waals surface area contributed by atoms with Gasteiger partial charge in [-0.15, -0.1) is 11.3 Å². The number of aromatic nitrogens is 1. The van der Waals surface area contributed by atoms with E-state index in [1.807, 2.05) is 91.2 Å². The number of hydrogen-bond acceptors (Lipinski definition) is 4. The maximum atomic E-state index is 12.8. The SMILES string of the molecule is CCC(C(=O)Nc1ccc(-c2csc(Nc3ccccc3Cl)n2)cc1)c1ccccc1. The van der Waals surface area contributed by atoms with Gasteiger partial charge >= 0.3 is 0 Å². The topological polar surface area (TPSA) is 54.0 Å². The molecule has 3 aromatic carbocycles. The molecule has 2 N–H and O–H groups in total. The third kappa shape index (κ3) is 5.13. The summed E-state index contributed by atoms with van der Waals surface area (Å²) >= 11 is 7.73. The van der Waals surface area contributed by atoms with Crippen LogP contribution in [0.5, 0.6) is 0 Å². The highest BCUT2D eigenvalue weighted by atomic mass is 35.5. The van der Waals surface area contributed by atoms with Crippen molar-refractivity contribution in [2.75, 3.05) is 10.6 Å². The van der Waals surface area contributed by atoms with Gasteiger partial charge < -0.3 is 10.6 Å². The maximum Gasteiger partial charge on any atom is 0.231 e. The van der Waals surface area contributed by atoms with Gasteiger partial charge in [0.2, 0.25) is 5.91 Å². The fourth-order valence-corrected chi connectivity index (χ4v) is 4.27. The first-order valence-corrected chi connectivity index (χ1v) is 11.3. The van der Waals surface area contributed by atoms with E-state index < -0.39 is 0 Å². The van der Waals surface area contributed by atoms with Crippen LogP contribution in [-0.4, -0.2) is 10.9 Å². The molecule has 0 spiro atoms. The molecule has 0 bridgehead atoms. The molecular formula is C25H22ClN3OS. The molecule has 1 aromatic heterocycles. The summed E-state index contributed by atoms with van der Waals surface area (Å²) < 4.78 is 0. The summed E-state index contributed by atoms with van der Waals surface area (Å²) in [4.78, 5) is 17.4. The Labute approximate surface area is 190 Å². The second kappa shape index (κ2) is 9.77. The number of rotatable bonds is 7. The van der Waals surface area contributed by atoms with Crippen LogP contribution in [0, 0.1) is 0 Å². The Morgan fingerprint density at radius 1 is 1.00 bits per heavy atom. The smallest absolute Gasteiger partial charge is 0.231 e. The Morgan fingerprint density at radius 2 is 1.71 bits per heavy atom. The van der Waals surface area contributed by atoms with Crippen molar-refractivity contribution in [3.8, 4) is 11.3 Å². The quantitative estimate of drug-likeness (QED) is 0.311. The number of para-hydroxylation sites is 1. The standard InChI is InChI=1S/C25H22ClN3OS/c1-2-20(17-8-4-3-5-9-17)24(30)27-19-14-12-18(13-15-19)23-16-31-25(29-23)28-22-11-7-6-10-21(22)26/h3-16,20H,2H2,1H3,(H,27,30)(H,28,29). The number of anilines is 3. The van der Waals surface area contributed by atoms with Gasteiger partial charge in [0.25, 0.3) is 0 Å². The Balaban J connectivity index is 1.43. The molecule has 1 atom stereocenters. The summed E-state index contributed by atoms with van der Waals surface area (Å²) in [6.07, 6.45) is 0.744. The molecule has 1 amide bonds. The molecule has 1 heterocycles.